The Morgan fingerprint density at radius 1 is 0.516 bits per heavy atom. The molecule has 31 heavy (non-hydrogen) atoms. The first kappa shape index (κ1) is 19.6. The maximum atomic E-state index is 5.72. The summed E-state index contributed by atoms with van der Waals surface area (Å²) in [5.74, 6) is 0. The SMILES string of the molecule is CC1OC1N(c1ccc(Cc2ccc(N(C3OC3C)C3OC3C)cc2)cc1)C1OC1C. The third kappa shape index (κ3) is 3.82. The number of hydrogen-bond donors (Lipinski definition) is 0. The van der Waals surface area contributed by atoms with E-state index in [1.807, 2.05) is 0 Å². The Morgan fingerprint density at radius 3 is 1.00 bits per heavy atom. The summed E-state index contributed by atoms with van der Waals surface area (Å²) in [6, 6.07) is 17.6. The van der Waals surface area contributed by atoms with Crippen LogP contribution in [-0.2, 0) is 25.4 Å². The van der Waals surface area contributed by atoms with E-state index in [9.17, 15) is 0 Å². The van der Waals surface area contributed by atoms with Gasteiger partial charge in [0, 0.05) is 11.4 Å². The van der Waals surface area contributed by atoms with E-state index in [1.54, 1.807) is 0 Å². The van der Waals surface area contributed by atoms with Crippen LogP contribution < -0.4 is 9.80 Å². The molecule has 0 radical (unpaired) electrons. The van der Waals surface area contributed by atoms with Crippen LogP contribution in [0.1, 0.15) is 38.8 Å². The first-order valence-corrected chi connectivity index (χ1v) is 11.4. The van der Waals surface area contributed by atoms with Crippen LogP contribution in [0.2, 0.25) is 0 Å². The van der Waals surface area contributed by atoms with Crippen molar-refractivity contribution in [1.29, 1.82) is 0 Å². The van der Waals surface area contributed by atoms with Crippen molar-refractivity contribution in [3.05, 3.63) is 59.7 Å². The third-order valence-corrected chi connectivity index (χ3v) is 6.69. The lowest BCUT2D eigenvalue weighted by Gasteiger charge is -2.22. The first-order valence-electron chi connectivity index (χ1n) is 11.4. The van der Waals surface area contributed by atoms with Gasteiger partial charge in [-0.1, -0.05) is 24.3 Å². The van der Waals surface area contributed by atoms with Crippen LogP contribution in [0.25, 0.3) is 0 Å². The molecule has 0 spiro atoms. The molecule has 0 aromatic heterocycles. The predicted octanol–water partition coefficient (Wildman–Crippen LogP) is 3.87. The Balaban J connectivity index is 1.13. The monoisotopic (exact) mass is 422 g/mol. The van der Waals surface area contributed by atoms with Crippen LogP contribution in [0.4, 0.5) is 11.4 Å². The van der Waals surface area contributed by atoms with Gasteiger partial charge in [0.25, 0.3) is 0 Å². The lowest BCUT2D eigenvalue weighted by molar-refractivity contribution is 0.328. The quantitative estimate of drug-likeness (QED) is 0.602. The zero-order valence-corrected chi connectivity index (χ0v) is 18.5. The van der Waals surface area contributed by atoms with Gasteiger partial charge in [-0.2, -0.15) is 0 Å². The van der Waals surface area contributed by atoms with Crippen LogP contribution in [0, 0.1) is 0 Å². The summed E-state index contributed by atoms with van der Waals surface area (Å²) < 4.78 is 22.9. The largest absolute Gasteiger partial charge is 0.348 e. The van der Waals surface area contributed by atoms with Gasteiger partial charge in [0.1, 0.15) is 24.4 Å². The van der Waals surface area contributed by atoms with Crippen LogP contribution in [0.15, 0.2) is 48.5 Å². The minimum absolute atomic E-state index is 0.132. The second kappa shape index (κ2) is 7.20. The maximum Gasteiger partial charge on any atom is 0.159 e. The van der Waals surface area contributed by atoms with Crippen LogP contribution >= 0.6 is 0 Å². The number of epoxide rings is 4. The number of ether oxygens (including phenoxy) is 4. The number of anilines is 2. The summed E-state index contributed by atoms with van der Waals surface area (Å²) >= 11 is 0. The van der Waals surface area contributed by atoms with Crippen LogP contribution in [0.5, 0.6) is 0 Å². The average molecular weight is 423 g/mol. The van der Waals surface area contributed by atoms with E-state index in [2.05, 4.69) is 86.0 Å². The van der Waals surface area contributed by atoms with Gasteiger partial charge in [0.05, 0.1) is 0 Å². The third-order valence-electron chi connectivity index (χ3n) is 6.69. The van der Waals surface area contributed by atoms with Gasteiger partial charge in [0.2, 0.25) is 0 Å². The molecule has 6 rings (SSSR count). The maximum absolute atomic E-state index is 5.72. The van der Waals surface area contributed by atoms with Crippen molar-refractivity contribution in [1.82, 2.24) is 0 Å². The van der Waals surface area contributed by atoms with Gasteiger partial charge in [-0.15, -0.1) is 0 Å². The fourth-order valence-corrected chi connectivity index (χ4v) is 4.55. The molecule has 2 aromatic carbocycles. The van der Waals surface area contributed by atoms with Gasteiger partial charge in [-0.05, 0) is 69.5 Å². The summed E-state index contributed by atoms with van der Waals surface area (Å²) in [7, 11) is 0. The summed E-state index contributed by atoms with van der Waals surface area (Å²) in [5.41, 5.74) is 4.91. The molecule has 4 fully saturated rings. The van der Waals surface area contributed by atoms with Crippen molar-refractivity contribution in [2.75, 3.05) is 9.80 Å². The molecule has 0 saturated carbocycles. The molecule has 6 heteroatoms. The molecule has 4 aliphatic rings. The number of nitrogens with zero attached hydrogens (tertiary/aromatic N) is 2. The number of hydrogen-bond acceptors (Lipinski definition) is 6. The van der Waals surface area contributed by atoms with E-state index in [-0.39, 0.29) is 49.3 Å². The van der Waals surface area contributed by atoms with Crippen molar-refractivity contribution in [2.45, 2.75) is 83.4 Å². The Kier molecular flexibility index (Phi) is 4.54. The summed E-state index contributed by atoms with van der Waals surface area (Å²) in [4.78, 5) is 4.54. The second-order valence-electron chi connectivity index (χ2n) is 9.25. The van der Waals surface area contributed by atoms with Crippen molar-refractivity contribution in [3.8, 4) is 0 Å². The molecule has 6 nitrogen and oxygen atoms in total. The van der Waals surface area contributed by atoms with E-state index >= 15 is 0 Å². The summed E-state index contributed by atoms with van der Waals surface area (Å²) in [5, 5.41) is 0. The summed E-state index contributed by atoms with van der Waals surface area (Å²) in [6.07, 6.45) is 2.49. The molecule has 0 amide bonds. The Hall–Kier alpha value is -2.12. The molecule has 4 heterocycles. The molecule has 8 unspecified atom stereocenters. The Labute approximate surface area is 183 Å². The molecule has 0 aliphatic carbocycles. The number of rotatable bonds is 8. The van der Waals surface area contributed by atoms with Gasteiger partial charge < -0.3 is 28.7 Å². The molecular weight excluding hydrogens is 392 g/mol. The molecule has 4 aliphatic heterocycles. The van der Waals surface area contributed by atoms with Crippen molar-refractivity contribution in [3.63, 3.8) is 0 Å². The zero-order chi connectivity index (χ0) is 21.3. The molecule has 4 saturated heterocycles. The van der Waals surface area contributed by atoms with E-state index in [0.717, 1.165) is 17.8 Å². The normalized spacial score (nSPS) is 37.3. The van der Waals surface area contributed by atoms with Gasteiger partial charge in [-0.25, -0.2) is 0 Å². The highest BCUT2D eigenvalue weighted by Gasteiger charge is 2.52. The minimum atomic E-state index is 0.132. The highest BCUT2D eigenvalue weighted by atomic mass is 16.7. The van der Waals surface area contributed by atoms with Crippen LogP contribution in [-0.4, -0.2) is 49.3 Å². The van der Waals surface area contributed by atoms with Crippen molar-refractivity contribution >= 4 is 11.4 Å². The second-order valence-corrected chi connectivity index (χ2v) is 9.25. The molecule has 164 valence electrons. The molecule has 0 N–H and O–H groups in total. The fourth-order valence-electron chi connectivity index (χ4n) is 4.55. The highest BCUT2D eigenvalue weighted by Crippen LogP contribution is 2.40. The van der Waals surface area contributed by atoms with Gasteiger partial charge >= 0.3 is 0 Å². The lowest BCUT2D eigenvalue weighted by atomic mass is 10.0. The van der Waals surface area contributed by atoms with E-state index in [0.29, 0.717) is 0 Å². The molecular formula is C25H30N2O4. The highest BCUT2D eigenvalue weighted by molar-refractivity contribution is 5.53. The van der Waals surface area contributed by atoms with Crippen LogP contribution in [0.3, 0.4) is 0 Å². The van der Waals surface area contributed by atoms with E-state index in [4.69, 9.17) is 18.9 Å². The smallest absolute Gasteiger partial charge is 0.159 e. The molecule has 8 atom stereocenters. The number of benzene rings is 2. The van der Waals surface area contributed by atoms with Gasteiger partial charge in [-0.3, -0.25) is 0 Å². The molecule has 2 aromatic rings. The zero-order valence-electron chi connectivity index (χ0n) is 18.5. The van der Waals surface area contributed by atoms with Gasteiger partial charge in [0.15, 0.2) is 24.9 Å². The first-order chi connectivity index (χ1) is 15.0. The lowest BCUT2D eigenvalue weighted by Crippen LogP contribution is -2.32. The van der Waals surface area contributed by atoms with Crippen molar-refractivity contribution in [2.24, 2.45) is 0 Å². The predicted molar refractivity (Wildman–Crippen MR) is 118 cm³/mol. The average Bonchev–Trinajstić information content (AvgIpc) is 3.62. The standard InChI is InChI=1S/C25H30N2O4/c1-14-22(28-14)26(23-15(2)29-23)20-9-5-18(6-10-20)13-19-7-11-21(12-8-19)27(24-16(3)30-24)25-17(4)31-25/h5-12,14-17,22-25H,13H2,1-4H3. The topological polar surface area (TPSA) is 56.6 Å². The summed E-state index contributed by atoms with van der Waals surface area (Å²) in [6.45, 7) is 8.43. The minimum Gasteiger partial charge on any atom is -0.348 e. The van der Waals surface area contributed by atoms with E-state index < -0.39 is 0 Å². The molecule has 0 bridgehead atoms. The Bertz CT molecular complexity index is 839. The van der Waals surface area contributed by atoms with Crippen molar-refractivity contribution < 1.29 is 18.9 Å². The fraction of sp³-hybridized carbons (Fsp3) is 0.520. The van der Waals surface area contributed by atoms with E-state index in [1.165, 1.54) is 11.1 Å². The Morgan fingerprint density at radius 2 is 0.774 bits per heavy atom.